The number of benzene rings is 2. The molecule has 0 heterocycles. The zero-order valence-electron chi connectivity index (χ0n) is 12.1. The van der Waals surface area contributed by atoms with Crippen molar-refractivity contribution in [3.8, 4) is 5.75 Å². The number of halogens is 1. The summed E-state index contributed by atoms with van der Waals surface area (Å²) >= 11 is 3.37. The van der Waals surface area contributed by atoms with Crippen LogP contribution < -0.4 is 10.1 Å². The van der Waals surface area contributed by atoms with E-state index in [2.05, 4.69) is 21.2 Å². The van der Waals surface area contributed by atoms with Crippen LogP contribution in [0.5, 0.6) is 5.75 Å². The van der Waals surface area contributed by atoms with Gasteiger partial charge in [0, 0.05) is 17.7 Å². The SMILES string of the molecule is CCC(=O)Nc1ccc(C(=O)COc2ccccc2Br)cc1. The molecule has 114 valence electrons. The molecule has 2 rings (SSSR count). The highest BCUT2D eigenvalue weighted by Crippen LogP contribution is 2.23. The average Bonchev–Trinajstić information content (AvgIpc) is 2.54. The molecule has 0 aromatic heterocycles. The highest BCUT2D eigenvalue weighted by Gasteiger charge is 2.08. The van der Waals surface area contributed by atoms with Crippen molar-refractivity contribution in [2.45, 2.75) is 13.3 Å². The van der Waals surface area contributed by atoms with Crippen LogP contribution in [0.25, 0.3) is 0 Å². The number of para-hydroxylation sites is 1. The van der Waals surface area contributed by atoms with Gasteiger partial charge in [-0.2, -0.15) is 0 Å². The number of hydrogen-bond acceptors (Lipinski definition) is 3. The van der Waals surface area contributed by atoms with Crippen LogP contribution in [-0.4, -0.2) is 18.3 Å². The normalized spacial score (nSPS) is 10.1. The van der Waals surface area contributed by atoms with E-state index >= 15 is 0 Å². The summed E-state index contributed by atoms with van der Waals surface area (Å²) in [6.45, 7) is 1.75. The Balaban J connectivity index is 1.95. The fraction of sp³-hybridized carbons (Fsp3) is 0.176. The van der Waals surface area contributed by atoms with Crippen molar-refractivity contribution >= 4 is 33.3 Å². The second kappa shape index (κ2) is 7.75. The lowest BCUT2D eigenvalue weighted by Crippen LogP contribution is -2.12. The molecule has 0 unspecified atom stereocenters. The van der Waals surface area contributed by atoms with E-state index in [9.17, 15) is 9.59 Å². The Morgan fingerprint density at radius 3 is 2.41 bits per heavy atom. The number of ketones is 1. The largest absolute Gasteiger partial charge is 0.484 e. The van der Waals surface area contributed by atoms with Gasteiger partial charge in [0.1, 0.15) is 5.75 Å². The third-order valence-corrected chi connectivity index (χ3v) is 3.66. The van der Waals surface area contributed by atoms with Crippen LogP contribution in [0.4, 0.5) is 5.69 Å². The average molecular weight is 362 g/mol. The lowest BCUT2D eigenvalue weighted by Gasteiger charge is -2.08. The summed E-state index contributed by atoms with van der Waals surface area (Å²) in [6, 6.07) is 14.1. The molecule has 0 radical (unpaired) electrons. The first-order valence-corrected chi connectivity index (χ1v) is 7.70. The Kier molecular flexibility index (Phi) is 5.72. The highest BCUT2D eigenvalue weighted by atomic mass is 79.9. The molecule has 5 heteroatoms. The van der Waals surface area contributed by atoms with Gasteiger partial charge in [-0.05, 0) is 52.3 Å². The third-order valence-electron chi connectivity index (χ3n) is 3.01. The molecule has 0 spiro atoms. The minimum Gasteiger partial charge on any atom is -0.484 e. The molecule has 0 saturated carbocycles. The molecule has 2 aromatic carbocycles. The quantitative estimate of drug-likeness (QED) is 0.789. The van der Waals surface area contributed by atoms with E-state index in [0.717, 1.165) is 4.47 Å². The number of hydrogen-bond donors (Lipinski definition) is 1. The van der Waals surface area contributed by atoms with Gasteiger partial charge < -0.3 is 10.1 Å². The Hall–Kier alpha value is -2.14. The molecule has 0 aliphatic carbocycles. The fourth-order valence-electron chi connectivity index (χ4n) is 1.78. The van der Waals surface area contributed by atoms with Crippen LogP contribution in [0.15, 0.2) is 53.0 Å². The first-order valence-electron chi connectivity index (χ1n) is 6.90. The molecular formula is C17H16BrNO3. The zero-order chi connectivity index (χ0) is 15.9. The van der Waals surface area contributed by atoms with Gasteiger partial charge >= 0.3 is 0 Å². The van der Waals surface area contributed by atoms with Crippen molar-refractivity contribution in [1.82, 2.24) is 0 Å². The molecule has 0 bridgehead atoms. The molecule has 0 aliphatic rings. The minimum atomic E-state index is -0.121. The number of nitrogens with one attached hydrogen (secondary N) is 1. The number of ether oxygens (including phenoxy) is 1. The minimum absolute atomic E-state index is 0.0384. The van der Waals surface area contributed by atoms with Gasteiger partial charge in [-0.3, -0.25) is 9.59 Å². The molecular weight excluding hydrogens is 346 g/mol. The van der Waals surface area contributed by atoms with Crippen molar-refractivity contribution in [2.24, 2.45) is 0 Å². The lowest BCUT2D eigenvalue weighted by molar-refractivity contribution is -0.115. The Morgan fingerprint density at radius 1 is 1.09 bits per heavy atom. The highest BCUT2D eigenvalue weighted by molar-refractivity contribution is 9.10. The van der Waals surface area contributed by atoms with Crippen molar-refractivity contribution in [2.75, 3.05) is 11.9 Å². The van der Waals surface area contributed by atoms with E-state index in [1.807, 2.05) is 18.2 Å². The molecule has 4 nitrogen and oxygen atoms in total. The van der Waals surface area contributed by atoms with Crippen LogP contribution in [0.2, 0.25) is 0 Å². The van der Waals surface area contributed by atoms with Crippen molar-refractivity contribution in [3.63, 3.8) is 0 Å². The number of amides is 1. The number of carbonyl (C=O) groups is 2. The van der Waals surface area contributed by atoms with Crippen LogP contribution in [0, 0.1) is 0 Å². The summed E-state index contributed by atoms with van der Waals surface area (Å²) in [5.74, 6) is 0.447. The van der Waals surface area contributed by atoms with Gasteiger partial charge in [0.15, 0.2) is 12.4 Å². The Bertz CT molecular complexity index is 668. The summed E-state index contributed by atoms with van der Waals surface area (Å²) in [6.07, 6.45) is 0.417. The van der Waals surface area contributed by atoms with Gasteiger partial charge in [-0.25, -0.2) is 0 Å². The van der Waals surface area contributed by atoms with E-state index < -0.39 is 0 Å². The fourth-order valence-corrected chi connectivity index (χ4v) is 2.18. The molecule has 2 aromatic rings. The number of Topliss-reactive ketones (excluding diaryl/α,β-unsaturated/α-hetero) is 1. The maximum Gasteiger partial charge on any atom is 0.224 e. The summed E-state index contributed by atoms with van der Waals surface area (Å²) < 4.78 is 6.30. The maximum atomic E-state index is 12.1. The van der Waals surface area contributed by atoms with E-state index in [1.54, 1.807) is 37.3 Å². The standard InChI is InChI=1S/C17H16BrNO3/c1-2-17(21)19-13-9-7-12(8-10-13)15(20)11-22-16-6-4-3-5-14(16)18/h3-10H,2,11H2,1H3,(H,19,21). The van der Waals surface area contributed by atoms with Crippen LogP contribution >= 0.6 is 15.9 Å². The molecule has 0 fully saturated rings. The van der Waals surface area contributed by atoms with Gasteiger partial charge in [0.25, 0.3) is 0 Å². The molecule has 22 heavy (non-hydrogen) atoms. The second-order valence-electron chi connectivity index (χ2n) is 4.62. The monoisotopic (exact) mass is 361 g/mol. The summed E-state index contributed by atoms with van der Waals surface area (Å²) in [5, 5.41) is 2.74. The Labute approximate surface area is 137 Å². The van der Waals surface area contributed by atoms with Crippen LogP contribution in [0.3, 0.4) is 0 Å². The van der Waals surface area contributed by atoms with Gasteiger partial charge in [-0.15, -0.1) is 0 Å². The molecule has 0 saturated heterocycles. The summed E-state index contributed by atoms with van der Waals surface area (Å²) in [5.41, 5.74) is 1.22. The van der Waals surface area contributed by atoms with E-state index in [0.29, 0.717) is 23.4 Å². The van der Waals surface area contributed by atoms with E-state index in [1.165, 1.54) is 0 Å². The predicted octanol–water partition coefficient (Wildman–Crippen LogP) is 4.06. The maximum absolute atomic E-state index is 12.1. The summed E-state index contributed by atoms with van der Waals surface area (Å²) in [7, 11) is 0. The number of carbonyl (C=O) groups excluding carboxylic acids is 2. The molecule has 1 amide bonds. The van der Waals surface area contributed by atoms with Crippen molar-refractivity contribution in [1.29, 1.82) is 0 Å². The first-order chi connectivity index (χ1) is 10.6. The molecule has 0 atom stereocenters. The van der Waals surface area contributed by atoms with Crippen LogP contribution in [-0.2, 0) is 4.79 Å². The smallest absolute Gasteiger partial charge is 0.224 e. The van der Waals surface area contributed by atoms with Gasteiger partial charge in [0.2, 0.25) is 5.91 Å². The molecule has 0 aliphatic heterocycles. The Morgan fingerprint density at radius 2 is 1.77 bits per heavy atom. The van der Waals surface area contributed by atoms with Crippen molar-refractivity contribution < 1.29 is 14.3 Å². The summed E-state index contributed by atoms with van der Waals surface area (Å²) in [4.78, 5) is 23.4. The second-order valence-corrected chi connectivity index (χ2v) is 5.48. The molecule has 1 N–H and O–H groups in total. The van der Waals surface area contributed by atoms with Gasteiger partial charge in [0.05, 0.1) is 4.47 Å². The van der Waals surface area contributed by atoms with Crippen molar-refractivity contribution in [3.05, 3.63) is 58.6 Å². The lowest BCUT2D eigenvalue weighted by atomic mass is 10.1. The zero-order valence-corrected chi connectivity index (χ0v) is 13.7. The first kappa shape index (κ1) is 16.2. The number of anilines is 1. The van der Waals surface area contributed by atoms with Crippen LogP contribution in [0.1, 0.15) is 23.7 Å². The van der Waals surface area contributed by atoms with E-state index in [-0.39, 0.29) is 18.3 Å². The number of rotatable bonds is 6. The third kappa shape index (κ3) is 4.43. The topological polar surface area (TPSA) is 55.4 Å². The van der Waals surface area contributed by atoms with Gasteiger partial charge in [-0.1, -0.05) is 19.1 Å². The predicted molar refractivity (Wildman–Crippen MR) is 89.3 cm³/mol. The van der Waals surface area contributed by atoms with E-state index in [4.69, 9.17) is 4.74 Å².